The number of aromatic nitrogens is 3. The van der Waals surface area contributed by atoms with Gasteiger partial charge in [0, 0.05) is 55.4 Å². The number of anilines is 1. The Morgan fingerprint density at radius 2 is 1.52 bits per heavy atom. The normalized spacial score (nSPS) is 13.7. The molecule has 0 saturated carbocycles. The number of rotatable bonds is 21. The highest BCUT2D eigenvalue weighted by atomic mass is 32.2. The number of para-hydroxylation sites is 1. The second-order valence-electron chi connectivity index (χ2n) is 17.9. The Morgan fingerprint density at radius 3 is 2.21 bits per heavy atom. The summed E-state index contributed by atoms with van der Waals surface area (Å²) in [5, 5.41) is 15.3. The molecule has 17 heteroatoms. The molecule has 63 heavy (non-hydrogen) atoms. The van der Waals surface area contributed by atoms with Gasteiger partial charge in [-0.3, -0.25) is 23.7 Å². The highest BCUT2D eigenvalue weighted by Gasteiger charge is 2.33. The number of nitrogens with zero attached hydrogens (tertiary/aromatic N) is 4. The van der Waals surface area contributed by atoms with Gasteiger partial charge in [0.2, 0.25) is 17.7 Å². The molecular weight excluding hydrogens is 827 g/mol. The molecule has 4 N–H and O–H groups in total. The van der Waals surface area contributed by atoms with E-state index < -0.39 is 45.7 Å². The molecule has 3 amide bonds. The maximum atomic E-state index is 14.1. The molecule has 2 atom stereocenters. The molecule has 16 nitrogen and oxygen atoms in total. The molecule has 3 aromatic carbocycles. The number of Topliss-reactive ketones (excluding diaryl/α,β-unsaturated/α-hetero) is 2. The highest BCUT2D eigenvalue weighted by molar-refractivity contribution is 7.87. The van der Waals surface area contributed by atoms with Crippen LogP contribution in [0.5, 0.6) is 0 Å². The molecule has 338 valence electrons. The van der Waals surface area contributed by atoms with Gasteiger partial charge in [-0.1, -0.05) is 105 Å². The Morgan fingerprint density at radius 1 is 0.873 bits per heavy atom. The Balaban J connectivity index is 1.27. The van der Waals surface area contributed by atoms with Crippen LogP contribution in [-0.2, 0) is 58.5 Å². The van der Waals surface area contributed by atoms with Gasteiger partial charge in [0.25, 0.3) is 10.1 Å². The van der Waals surface area contributed by atoms with Crippen LogP contribution in [0.4, 0.5) is 5.69 Å². The summed E-state index contributed by atoms with van der Waals surface area (Å²) in [5.41, 5.74) is 4.77. The molecule has 1 aliphatic rings. The Labute approximate surface area is 369 Å². The summed E-state index contributed by atoms with van der Waals surface area (Å²) in [7, 11) is -4.90. The topological polar surface area (TPSA) is 219 Å². The van der Waals surface area contributed by atoms with Crippen molar-refractivity contribution in [3.8, 4) is 22.5 Å². The highest BCUT2D eigenvalue weighted by Crippen LogP contribution is 2.41. The van der Waals surface area contributed by atoms with Crippen LogP contribution >= 0.6 is 0 Å². The fraction of sp³-hybridized carbons (Fsp3) is 0.457. The first kappa shape index (κ1) is 48.4. The second kappa shape index (κ2) is 20.7. The van der Waals surface area contributed by atoms with Crippen molar-refractivity contribution >= 4 is 45.1 Å². The fourth-order valence-electron chi connectivity index (χ4n) is 7.35. The van der Waals surface area contributed by atoms with E-state index in [1.807, 2.05) is 83.1 Å². The number of fused-ring (bicyclic) bond motifs is 5. The summed E-state index contributed by atoms with van der Waals surface area (Å²) in [5.74, 6) is -2.13. The van der Waals surface area contributed by atoms with Gasteiger partial charge in [0.15, 0.2) is 11.0 Å². The molecule has 1 aromatic heterocycles. The maximum absolute atomic E-state index is 14.1. The zero-order valence-electron chi connectivity index (χ0n) is 37.1. The van der Waals surface area contributed by atoms with Crippen LogP contribution in [0.25, 0.3) is 22.5 Å². The van der Waals surface area contributed by atoms with Crippen molar-refractivity contribution < 1.29 is 41.7 Å². The predicted molar refractivity (Wildman–Crippen MR) is 239 cm³/mol. The molecule has 0 saturated heterocycles. The Bertz CT molecular complexity index is 2410. The number of benzene rings is 3. The van der Waals surface area contributed by atoms with Gasteiger partial charge in [0.1, 0.15) is 18.0 Å². The minimum atomic E-state index is -4.90. The van der Waals surface area contributed by atoms with Gasteiger partial charge >= 0.3 is 0 Å². The van der Waals surface area contributed by atoms with Crippen molar-refractivity contribution in [2.45, 2.75) is 98.7 Å². The molecule has 0 bridgehead atoms. The fourth-order valence-corrected chi connectivity index (χ4v) is 8.00. The number of aryl methyl sites for hydroxylation is 1. The molecule has 0 radical (unpaired) electrons. The van der Waals surface area contributed by atoms with Crippen LogP contribution in [0, 0.1) is 17.8 Å². The van der Waals surface area contributed by atoms with E-state index >= 15 is 0 Å². The molecule has 0 aliphatic carbocycles. The molecular formula is C46H59N7O9S. The first-order valence-electron chi connectivity index (χ1n) is 21.0. The van der Waals surface area contributed by atoms with Gasteiger partial charge in [-0.25, -0.2) is 4.68 Å². The third-order valence-corrected chi connectivity index (χ3v) is 11.9. The van der Waals surface area contributed by atoms with Gasteiger partial charge in [-0.2, -0.15) is 8.42 Å². The van der Waals surface area contributed by atoms with Crippen LogP contribution in [0.3, 0.4) is 0 Å². The maximum Gasteiger partial charge on any atom is 0.278 e. The summed E-state index contributed by atoms with van der Waals surface area (Å²) in [6, 6.07) is 21.3. The average Bonchev–Trinajstić information content (AvgIpc) is 3.61. The number of ketones is 2. The molecule has 1 aliphatic heterocycles. The number of hydrogen-bond donors (Lipinski definition) is 4. The standard InChI is InChI=1S/C46H59N7O9S/c1-30-16-18-33(19-17-30)23-48-44(58)39(63(59,60)61)24-47-40(56)20-21-41(57)52-25-34-12-8-9-13-35(34)42-43(36-14-10-11-15-37(36)52)53(51-50-42)26-38(55)32(3)49-27-46(6,7)29-62-28-45(4,5)22-31(2)54/h8-19,32,39,49H,20-29H2,1-7H3,(H,47,56)(H,48,58)(H,59,60,61). The molecule has 5 rings (SSSR count). The largest absolute Gasteiger partial charge is 0.380 e. The predicted octanol–water partition coefficient (Wildman–Crippen LogP) is 4.83. The van der Waals surface area contributed by atoms with E-state index in [-0.39, 0.29) is 54.9 Å². The van der Waals surface area contributed by atoms with E-state index in [4.69, 9.17) is 4.74 Å². The quantitative estimate of drug-likeness (QED) is 0.0828. The summed E-state index contributed by atoms with van der Waals surface area (Å²) >= 11 is 0. The summed E-state index contributed by atoms with van der Waals surface area (Å²) in [6.45, 7) is 14.0. The molecule has 4 aromatic rings. The lowest BCUT2D eigenvalue weighted by Gasteiger charge is -2.30. The third kappa shape index (κ3) is 13.4. The van der Waals surface area contributed by atoms with Crippen molar-refractivity contribution in [3.05, 3.63) is 89.5 Å². The van der Waals surface area contributed by atoms with E-state index in [1.165, 1.54) is 0 Å². The zero-order valence-corrected chi connectivity index (χ0v) is 37.9. The monoisotopic (exact) mass is 885 g/mol. The number of ether oxygens (including phenoxy) is 1. The SMILES string of the molecule is CC(=O)CC(C)(C)COCC(C)(C)CNC(C)C(=O)Cn1nnc2c1-c1ccccc1N(C(=O)CCC(=O)NCC(C(=O)NCc1ccc(C)cc1)S(=O)(=O)O)Cc1ccccc1-2. The number of nitrogens with one attached hydrogen (secondary N) is 3. The van der Waals surface area contributed by atoms with Crippen molar-refractivity contribution in [3.63, 3.8) is 0 Å². The zero-order chi connectivity index (χ0) is 46.1. The first-order valence-corrected chi connectivity index (χ1v) is 22.5. The van der Waals surface area contributed by atoms with Crippen LogP contribution in [-0.4, -0.2) is 94.8 Å². The van der Waals surface area contributed by atoms with Crippen molar-refractivity contribution in [2.75, 3.05) is 31.2 Å². The van der Waals surface area contributed by atoms with Gasteiger partial charge in [-0.05, 0) is 43.4 Å². The molecule has 2 unspecified atom stereocenters. The molecule has 0 fully saturated rings. The lowest BCUT2D eigenvalue weighted by molar-refractivity contribution is -0.125. The average molecular weight is 886 g/mol. The number of amides is 3. The van der Waals surface area contributed by atoms with Crippen molar-refractivity contribution in [2.24, 2.45) is 10.8 Å². The van der Waals surface area contributed by atoms with Gasteiger partial charge in [0.05, 0.1) is 37.2 Å². The number of carbonyl (C=O) groups is 5. The number of carbonyl (C=O) groups excluding carboxylic acids is 5. The first-order chi connectivity index (χ1) is 29.6. The minimum absolute atomic E-state index is 0.0125. The van der Waals surface area contributed by atoms with E-state index in [0.717, 1.165) is 11.1 Å². The van der Waals surface area contributed by atoms with Crippen molar-refractivity contribution in [1.82, 2.24) is 30.9 Å². The minimum Gasteiger partial charge on any atom is -0.380 e. The molecule has 2 heterocycles. The number of hydrogen-bond acceptors (Lipinski definition) is 11. The lowest BCUT2D eigenvalue weighted by atomic mass is 9.88. The van der Waals surface area contributed by atoms with E-state index in [0.29, 0.717) is 59.9 Å². The van der Waals surface area contributed by atoms with Crippen LogP contribution < -0.4 is 20.9 Å². The summed E-state index contributed by atoms with van der Waals surface area (Å²) in [6.07, 6.45) is -0.189. The van der Waals surface area contributed by atoms with E-state index in [2.05, 4.69) is 26.3 Å². The third-order valence-electron chi connectivity index (χ3n) is 10.8. The Kier molecular flexibility index (Phi) is 15.9. The summed E-state index contributed by atoms with van der Waals surface area (Å²) < 4.78 is 41.7. The van der Waals surface area contributed by atoms with Crippen LogP contribution in [0.15, 0.2) is 72.8 Å². The van der Waals surface area contributed by atoms with E-state index in [9.17, 15) is 36.9 Å². The van der Waals surface area contributed by atoms with Crippen LogP contribution in [0.2, 0.25) is 0 Å². The van der Waals surface area contributed by atoms with Gasteiger partial charge in [-0.15, -0.1) is 5.10 Å². The second-order valence-corrected chi connectivity index (χ2v) is 19.5. The van der Waals surface area contributed by atoms with Gasteiger partial charge < -0.3 is 30.4 Å². The smallest absolute Gasteiger partial charge is 0.278 e. The summed E-state index contributed by atoms with van der Waals surface area (Å²) in [4.78, 5) is 67.0. The molecule has 0 spiro atoms. The lowest BCUT2D eigenvalue weighted by Crippen LogP contribution is -2.46. The Hall–Kier alpha value is -5.62. The van der Waals surface area contributed by atoms with E-state index in [1.54, 1.807) is 47.7 Å². The van der Waals surface area contributed by atoms with Crippen LogP contribution in [0.1, 0.15) is 77.5 Å². The van der Waals surface area contributed by atoms with Crippen molar-refractivity contribution in [1.29, 1.82) is 0 Å².